The first kappa shape index (κ1) is 23.2. The number of aryl methyl sites for hydroxylation is 1. The van der Waals surface area contributed by atoms with E-state index in [1.165, 1.54) is 0 Å². The number of carbonyl (C=O) groups is 2. The minimum Gasteiger partial charge on any atom is -0.473 e. The zero-order valence-corrected chi connectivity index (χ0v) is 18.6. The number of carboxylic acid groups (broad SMARTS) is 2. The second-order valence-electron chi connectivity index (χ2n) is 8.21. The van der Waals surface area contributed by atoms with Crippen LogP contribution in [-0.2, 0) is 16.1 Å². The van der Waals surface area contributed by atoms with Crippen molar-refractivity contribution in [1.82, 2.24) is 24.2 Å². The number of nitrogens with zero attached hydrogens (tertiary/aromatic N) is 5. The van der Waals surface area contributed by atoms with Crippen LogP contribution in [0.5, 0.6) is 0 Å². The van der Waals surface area contributed by atoms with Crippen LogP contribution in [0.15, 0.2) is 52.2 Å². The van der Waals surface area contributed by atoms with Crippen molar-refractivity contribution in [2.45, 2.75) is 32.2 Å². The highest BCUT2D eigenvalue weighted by molar-refractivity contribution is 6.27. The first-order valence-corrected chi connectivity index (χ1v) is 10.9. The predicted octanol–water partition coefficient (Wildman–Crippen LogP) is 1.98. The molecule has 1 saturated heterocycles. The number of fused-ring (bicyclic) bond motifs is 2. The Hall–Kier alpha value is -3.99. The summed E-state index contributed by atoms with van der Waals surface area (Å²) >= 11 is 0. The molecule has 11 nitrogen and oxygen atoms in total. The van der Waals surface area contributed by atoms with Gasteiger partial charge in [-0.15, -0.1) is 0 Å². The van der Waals surface area contributed by atoms with E-state index in [1.54, 1.807) is 15.3 Å². The van der Waals surface area contributed by atoms with Crippen LogP contribution in [-0.4, -0.2) is 66.0 Å². The second-order valence-corrected chi connectivity index (χ2v) is 8.21. The number of benzene rings is 1. The van der Waals surface area contributed by atoms with Crippen LogP contribution in [0, 0.1) is 6.92 Å². The Morgan fingerprint density at radius 2 is 1.79 bits per heavy atom. The maximum Gasteiger partial charge on any atom is 0.414 e. The van der Waals surface area contributed by atoms with Crippen molar-refractivity contribution >= 4 is 28.4 Å². The van der Waals surface area contributed by atoms with Crippen LogP contribution in [0.4, 0.5) is 0 Å². The highest BCUT2D eigenvalue weighted by atomic mass is 16.5. The van der Waals surface area contributed by atoms with Crippen LogP contribution in [0.25, 0.3) is 16.5 Å². The van der Waals surface area contributed by atoms with E-state index in [-0.39, 0.29) is 5.56 Å². The number of aromatic nitrogens is 4. The van der Waals surface area contributed by atoms with E-state index in [0.29, 0.717) is 18.0 Å². The molecule has 11 heteroatoms. The van der Waals surface area contributed by atoms with Gasteiger partial charge in [-0.05, 0) is 45.0 Å². The van der Waals surface area contributed by atoms with Gasteiger partial charge >= 0.3 is 11.9 Å². The minimum atomic E-state index is -1.82. The van der Waals surface area contributed by atoms with E-state index >= 15 is 0 Å². The molecule has 4 aromatic rings. The van der Waals surface area contributed by atoms with Crippen LogP contribution >= 0.6 is 0 Å². The number of aliphatic carboxylic acids is 2. The van der Waals surface area contributed by atoms with Gasteiger partial charge in [-0.3, -0.25) is 4.79 Å². The molecule has 0 unspecified atom stereocenters. The molecule has 0 spiro atoms. The number of rotatable bonds is 4. The Morgan fingerprint density at radius 3 is 2.50 bits per heavy atom. The number of carboxylic acids is 2. The molecule has 1 aliphatic rings. The highest BCUT2D eigenvalue weighted by Crippen LogP contribution is 2.32. The maximum atomic E-state index is 12.7. The summed E-state index contributed by atoms with van der Waals surface area (Å²) in [5, 5.41) is 24.5. The number of hydrogen-bond donors (Lipinski definition) is 2. The highest BCUT2D eigenvalue weighted by Gasteiger charge is 2.24. The standard InChI is InChI=1S/C21H23N5O2.C2H2O4/c1-15-14-22-26-13-12-25(21(27)20(15)26)11-10-24-8-6-16(7-9-24)19-17-4-2-3-5-18(17)28-23-19;3-1(4)2(5)6/h2-5,12-14,16H,6-11H2,1H3;(H,3,4)(H,5,6). The predicted molar refractivity (Wildman–Crippen MR) is 122 cm³/mol. The Labute approximate surface area is 193 Å². The number of para-hydroxylation sites is 1. The van der Waals surface area contributed by atoms with Gasteiger partial charge < -0.3 is 24.2 Å². The van der Waals surface area contributed by atoms with Crippen molar-refractivity contribution in [3.8, 4) is 0 Å². The average Bonchev–Trinajstić information content (AvgIpc) is 3.43. The first-order valence-electron chi connectivity index (χ1n) is 10.9. The molecule has 1 fully saturated rings. The molecule has 178 valence electrons. The Balaban J connectivity index is 0.000000408. The molecule has 0 saturated carbocycles. The van der Waals surface area contributed by atoms with Gasteiger partial charge in [0, 0.05) is 42.4 Å². The third-order valence-electron chi connectivity index (χ3n) is 6.05. The van der Waals surface area contributed by atoms with Crippen LogP contribution in [0.1, 0.15) is 30.0 Å². The molecule has 0 atom stereocenters. The molecular formula is C23H25N5O6. The molecule has 0 amide bonds. The third-order valence-corrected chi connectivity index (χ3v) is 6.05. The summed E-state index contributed by atoms with van der Waals surface area (Å²) in [5.41, 5.74) is 3.57. The van der Waals surface area contributed by atoms with Crippen molar-refractivity contribution < 1.29 is 24.3 Å². The summed E-state index contributed by atoms with van der Waals surface area (Å²) in [4.78, 5) is 33.3. The zero-order valence-electron chi connectivity index (χ0n) is 18.6. The Morgan fingerprint density at radius 1 is 1.09 bits per heavy atom. The van der Waals surface area contributed by atoms with Gasteiger partial charge in [0.2, 0.25) is 0 Å². The monoisotopic (exact) mass is 467 g/mol. The lowest BCUT2D eigenvalue weighted by atomic mass is 9.91. The van der Waals surface area contributed by atoms with Crippen molar-refractivity contribution in [2.24, 2.45) is 0 Å². The summed E-state index contributed by atoms with van der Waals surface area (Å²) in [6, 6.07) is 8.08. The molecule has 4 heterocycles. The van der Waals surface area contributed by atoms with Crippen molar-refractivity contribution in [3.05, 3.63) is 64.5 Å². The third kappa shape index (κ3) is 4.84. The van der Waals surface area contributed by atoms with Gasteiger partial charge in [0.1, 0.15) is 5.52 Å². The first-order chi connectivity index (χ1) is 16.3. The molecule has 2 N–H and O–H groups in total. The van der Waals surface area contributed by atoms with E-state index in [1.807, 2.05) is 37.5 Å². The van der Waals surface area contributed by atoms with Gasteiger partial charge in [-0.25, -0.2) is 14.1 Å². The summed E-state index contributed by atoms with van der Waals surface area (Å²) < 4.78 is 8.92. The zero-order chi connectivity index (χ0) is 24.2. The van der Waals surface area contributed by atoms with E-state index in [4.69, 9.17) is 24.3 Å². The van der Waals surface area contributed by atoms with E-state index in [0.717, 1.165) is 54.7 Å². The minimum absolute atomic E-state index is 0.0291. The molecule has 0 aliphatic carbocycles. The summed E-state index contributed by atoms with van der Waals surface area (Å²) in [5.74, 6) is -3.21. The summed E-state index contributed by atoms with van der Waals surface area (Å²) in [7, 11) is 0. The molecule has 5 rings (SSSR count). The fourth-order valence-electron chi connectivity index (χ4n) is 4.23. The lowest BCUT2D eigenvalue weighted by molar-refractivity contribution is -0.159. The SMILES string of the molecule is Cc1cnn2ccn(CCN3CCC(c4noc5ccccc45)CC3)c(=O)c12.O=C(O)C(=O)O. The van der Waals surface area contributed by atoms with Gasteiger partial charge in [-0.1, -0.05) is 17.3 Å². The van der Waals surface area contributed by atoms with Gasteiger partial charge in [0.25, 0.3) is 5.56 Å². The summed E-state index contributed by atoms with van der Waals surface area (Å²) in [6.07, 6.45) is 7.54. The number of hydrogen-bond acceptors (Lipinski definition) is 7. The lowest BCUT2D eigenvalue weighted by Gasteiger charge is -2.31. The second kappa shape index (κ2) is 9.87. The molecule has 1 aliphatic heterocycles. The lowest BCUT2D eigenvalue weighted by Crippen LogP contribution is -2.37. The Bertz CT molecular complexity index is 1370. The Kier molecular flexibility index (Phi) is 6.73. The molecule has 0 bridgehead atoms. The van der Waals surface area contributed by atoms with E-state index < -0.39 is 11.9 Å². The maximum absolute atomic E-state index is 12.7. The quantitative estimate of drug-likeness (QED) is 0.431. The van der Waals surface area contributed by atoms with Crippen LogP contribution in [0.2, 0.25) is 0 Å². The van der Waals surface area contributed by atoms with Gasteiger partial charge in [0.05, 0.1) is 11.9 Å². The average molecular weight is 467 g/mol. The summed E-state index contributed by atoms with van der Waals surface area (Å²) in [6.45, 7) is 5.50. The number of piperidine rings is 1. The largest absolute Gasteiger partial charge is 0.473 e. The smallest absolute Gasteiger partial charge is 0.414 e. The van der Waals surface area contributed by atoms with Crippen LogP contribution in [0.3, 0.4) is 0 Å². The van der Waals surface area contributed by atoms with Crippen molar-refractivity contribution in [2.75, 3.05) is 19.6 Å². The molecule has 34 heavy (non-hydrogen) atoms. The molecule has 3 aromatic heterocycles. The molecular weight excluding hydrogens is 442 g/mol. The normalized spacial score (nSPS) is 14.7. The van der Waals surface area contributed by atoms with Gasteiger partial charge in [0.15, 0.2) is 5.58 Å². The van der Waals surface area contributed by atoms with Crippen molar-refractivity contribution in [1.29, 1.82) is 0 Å². The van der Waals surface area contributed by atoms with Crippen LogP contribution < -0.4 is 5.56 Å². The number of likely N-dealkylation sites (tertiary alicyclic amines) is 1. The fraction of sp³-hybridized carbons (Fsp3) is 0.348. The van der Waals surface area contributed by atoms with E-state index in [9.17, 15) is 4.79 Å². The molecule has 0 radical (unpaired) electrons. The van der Waals surface area contributed by atoms with E-state index in [2.05, 4.69) is 21.2 Å². The molecule has 1 aromatic carbocycles. The fourth-order valence-corrected chi connectivity index (χ4v) is 4.23. The van der Waals surface area contributed by atoms with Crippen molar-refractivity contribution in [3.63, 3.8) is 0 Å². The topological polar surface area (TPSA) is 143 Å². The van der Waals surface area contributed by atoms with Gasteiger partial charge in [-0.2, -0.15) is 5.10 Å².